The van der Waals surface area contributed by atoms with E-state index in [1.807, 2.05) is 0 Å². The number of aliphatic hydroxyl groups excluding tert-OH is 1. The minimum absolute atomic E-state index is 0.0480. The van der Waals surface area contributed by atoms with Gasteiger partial charge in [-0.1, -0.05) is 0 Å². The lowest BCUT2D eigenvalue weighted by Crippen LogP contribution is -2.11. The van der Waals surface area contributed by atoms with E-state index in [0.29, 0.717) is 34.3 Å². The van der Waals surface area contributed by atoms with Crippen LogP contribution in [0.15, 0.2) is 69.5 Å². The van der Waals surface area contributed by atoms with Gasteiger partial charge in [0.05, 0.1) is 36.5 Å². The molecule has 0 aliphatic heterocycles. The van der Waals surface area contributed by atoms with E-state index < -0.39 is 10.8 Å². The number of hydrogen-bond acceptors (Lipinski definition) is 8. The molecule has 174 valence electrons. The lowest BCUT2D eigenvalue weighted by Gasteiger charge is -2.11. The number of amides is 1. The molecule has 0 aliphatic rings. The number of rotatable bonds is 8. The Morgan fingerprint density at radius 1 is 1.00 bits per heavy atom. The molecule has 0 unspecified atom stereocenters. The average Bonchev–Trinajstić information content (AvgIpc) is 3.53. The van der Waals surface area contributed by atoms with Crippen molar-refractivity contribution in [1.29, 1.82) is 0 Å². The summed E-state index contributed by atoms with van der Waals surface area (Å²) in [6.07, 6.45) is 0. The van der Waals surface area contributed by atoms with Crippen LogP contribution in [0.3, 0.4) is 0 Å². The molecule has 2 aromatic heterocycles. The summed E-state index contributed by atoms with van der Waals surface area (Å²) in [4.78, 5) is 23.8. The Hall–Kier alpha value is -4.57. The van der Waals surface area contributed by atoms with Crippen molar-refractivity contribution < 1.29 is 33.1 Å². The van der Waals surface area contributed by atoms with Crippen molar-refractivity contribution in [1.82, 2.24) is 0 Å². The second-order valence-corrected chi connectivity index (χ2v) is 7.10. The van der Waals surface area contributed by atoms with E-state index in [1.54, 1.807) is 36.4 Å². The Bertz CT molecular complexity index is 1350. The highest BCUT2D eigenvalue weighted by Gasteiger charge is 2.22. The Kier molecular flexibility index (Phi) is 6.33. The molecular weight excluding hydrogens is 444 g/mol. The smallest absolute Gasteiger partial charge is 0.291 e. The van der Waals surface area contributed by atoms with Crippen LogP contribution in [-0.4, -0.2) is 30.2 Å². The fraction of sp³-hybridized carbons (Fsp3) is 0.125. The molecule has 0 atom stereocenters. The van der Waals surface area contributed by atoms with Crippen LogP contribution in [0.5, 0.6) is 11.5 Å². The van der Waals surface area contributed by atoms with Crippen molar-refractivity contribution in [2.24, 2.45) is 0 Å². The van der Waals surface area contributed by atoms with Gasteiger partial charge in [-0.25, -0.2) is 0 Å². The molecule has 4 aromatic rings. The third-order valence-corrected chi connectivity index (χ3v) is 5.05. The minimum Gasteiger partial charge on any atom is -0.497 e. The quantitative estimate of drug-likeness (QED) is 0.278. The van der Waals surface area contributed by atoms with Gasteiger partial charge in [0, 0.05) is 5.56 Å². The van der Waals surface area contributed by atoms with Crippen molar-refractivity contribution in [3.63, 3.8) is 0 Å². The monoisotopic (exact) mass is 464 g/mol. The van der Waals surface area contributed by atoms with E-state index in [4.69, 9.17) is 18.3 Å². The molecule has 0 bridgehead atoms. The molecule has 10 heteroatoms. The number of carbonyl (C=O) groups is 1. The molecule has 2 aromatic carbocycles. The summed E-state index contributed by atoms with van der Waals surface area (Å²) in [6.45, 7) is -0.229. The topological polar surface area (TPSA) is 137 Å². The molecule has 0 aliphatic carbocycles. The number of nitro groups is 1. The number of nitrogens with one attached hydrogen (secondary N) is 1. The van der Waals surface area contributed by atoms with Gasteiger partial charge in [-0.2, -0.15) is 0 Å². The largest absolute Gasteiger partial charge is 0.497 e. The average molecular weight is 464 g/mol. The van der Waals surface area contributed by atoms with Crippen LogP contribution in [0.1, 0.15) is 16.3 Å². The molecule has 1 amide bonds. The van der Waals surface area contributed by atoms with Crippen LogP contribution < -0.4 is 14.8 Å². The maximum absolute atomic E-state index is 12.9. The number of ether oxygens (including phenoxy) is 2. The number of furan rings is 2. The van der Waals surface area contributed by atoms with Crippen LogP contribution in [0.4, 0.5) is 11.4 Å². The molecule has 2 N–H and O–H groups in total. The fourth-order valence-corrected chi connectivity index (χ4v) is 3.36. The molecule has 0 spiro atoms. The van der Waals surface area contributed by atoms with Gasteiger partial charge in [-0.15, -0.1) is 0 Å². The molecule has 2 heterocycles. The summed E-state index contributed by atoms with van der Waals surface area (Å²) < 4.78 is 21.6. The summed E-state index contributed by atoms with van der Waals surface area (Å²) in [7, 11) is 2.88. The number of nitrogens with zero attached hydrogens (tertiary/aromatic N) is 1. The Morgan fingerprint density at radius 3 is 2.47 bits per heavy atom. The zero-order valence-corrected chi connectivity index (χ0v) is 18.2. The summed E-state index contributed by atoms with van der Waals surface area (Å²) in [6, 6.07) is 15.7. The molecule has 34 heavy (non-hydrogen) atoms. The number of hydrogen-bond donors (Lipinski definition) is 2. The summed E-state index contributed by atoms with van der Waals surface area (Å²) >= 11 is 0. The lowest BCUT2D eigenvalue weighted by atomic mass is 10.1. The lowest BCUT2D eigenvalue weighted by molar-refractivity contribution is -0.384. The van der Waals surface area contributed by atoms with Crippen LogP contribution in [0.25, 0.3) is 22.6 Å². The maximum Gasteiger partial charge on any atom is 0.291 e. The summed E-state index contributed by atoms with van der Waals surface area (Å²) in [5.74, 6) is 1.19. The van der Waals surface area contributed by atoms with Gasteiger partial charge in [0.15, 0.2) is 5.76 Å². The normalized spacial score (nSPS) is 10.7. The maximum atomic E-state index is 12.9. The predicted octanol–water partition coefficient (Wildman–Crippen LogP) is 4.88. The number of aliphatic hydroxyl groups is 1. The zero-order chi connectivity index (χ0) is 24.2. The van der Waals surface area contributed by atoms with Crippen molar-refractivity contribution in [2.75, 3.05) is 19.5 Å². The molecule has 0 radical (unpaired) electrons. The van der Waals surface area contributed by atoms with Crippen LogP contribution >= 0.6 is 0 Å². The van der Waals surface area contributed by atoms with E-state index in [9.17, 15) is 20.0 Å². The number of anilines is 1. The fourth-order valence-electron chi connectivity index (χ4n) is 3.36. The Balaban J connectivity index is 1.61. The van der Waals surface area contributed by atoms with Gasteiger partial charge >= 0.3 is 0 Å². The van der Waals surface area contributed by atoms with Crippen molar-refractivity contribution in [3.05, 3.63) is 82.3 Å². The van der Waals surface area contributed by atoms with Gasteiger partial charge in [0.1, 0.15) is 35.4 Å². The van der Waals surface area contributed by atoms with Gasteiger partial charge < -0.3 is 28.7 Å². The molecule has 4 rings (SSSR count). The van der Waals surface area contributed by atoms with Gasteiger partial charge in [-0.3, -0.25) is 14.9 Å². The third kappa shape index (κ3) is 4.48. The highest BCUT2D eigenvalue weighted by atomic mass is 16.6. The minimum atomic E-state index is -0.576. The van der Waals surface area contributed by atoms with Gasteiger partial charge in [0.25, 0.3) is 11.6 Å². The SMILES string of the molecule is COc1ccc(-c2ccc(C(=O)Nc3cc(-c4ccc(CO)o4)ccc3OC)o2)c([N+](=O)[O-])c1. The first-order valence-electron chi connectivity index (χ1n) is 10.1. The first kappa shape index (κ1) is 22.6. The second-order valence-electron chi connectivity index (χ2n) is 7.10. The van der Waals surface area contributed by atoms with Crippen molar-refractivity contribution >= 4 is 17.3 Å². The highest BCUT2D eigenvalue weighted by Crippen LogP contribution is 2.35. The molecule has 10 nitrogen and oxygen atoms in total. The molecule has 0 saturated heterocycles. The highest BCUT2D eigenvalue weighted by molar-refractivity contribution is 6.03. The van der Waals surface area contributed by atoms with E-state index in [1.165, 1.54) is 38.5 Å². The van der Waals surface area contributed by atoms with Crippen molar-refractivity contribution in [2.45, 2.75) is 6.61 Å². The van der Waals surface area contributed by atoms with Crippen LogP contribution in [0.2, 0.25) is 0 Å². The standard InChI is InChI=1S/C24H20N2O8/c1-31-15-4-6-17(19(12-15)26(29)30)21-9-10-23(34-21)24(28)25-18-11-14(3-7-22(18)32-2)20-8-5-16(13-27)33-20/h3-12,27H,13H2,1-2H3,(H,25,28). The molecule has 0 saturated carbocycles. The number of carbonyl (C=O) groups excluding carboxylic acids is 1. The zero-order valence-electron chi connectivity index (χ0n) is 18.2. The van der Waals surface area contributed by atoms with Crippen LogP contribution in [-0.2, 0) is 6.61 Å². The number of nitro benzene ring substituents is 1. The second kappa shape index (κ2) is 9.51. The third-order valence-electron chi connectivity index (χ3n) is 5.05. The van der Waals surface area contributed by atoms with Crippen molar-refractivity contribution in [3.8, 4) is 34.1 Å². The first-order chi connectivity index (χ1) is 16.4. The molecule has 0 fully saturated rings. The van der Waals surface area contributed by atoms with E-state index in [0.717, 1.165) is 0 Å². The molecular formula is C24H20N2O8. The van der Waals surface area contributed by atoms with Gasteiger partial charge in [0.2, 0.25) is 0 Å². The summed E-state index contributed by atoms with van der Waals surface area (Å²) in [5, 5.41) is 23.4. The Morgan fingerprint density at radius 2 is 1.79 bits per heavy atom. The number of benzene rings is 2. The Labute approximate surface area is 193 Å². The predicted molar refractivity (Wildman–Crippen MR) is 122 cm³/mol. The van der Waals surface area contributed by atoms with Gasteiger partial charge in [-0.05, 0) is 54.6 Å². The van der Waals surface area contributed by atoms with Crippen LogP contribution in [0, 0.1) is 10.1 Å². The summed E-state index contributed by atoms with van der Waals surface area (Å²) in [5.41, 5.74) is 1.02. The van der Waals surface area contributed by atoms with E-state index in [2.05, 4.69) is 5.32 Å². The van der Waals surface area contributed by atoms with E-state index >= 15 is 0 Å². The first-order valence-corrected chi connectivity index (χ1v) is 10.1. The number of methoxy groups -OCH3 is 2. The van der Waals surface area contributed by atoms with E-state index in [-0.39, 0.29) is 29.4 Å².